The molecule has 17 heavy (non-hydrogen) atoms. The van der Waals surface area contributed by atoms with Gasteiger partial charge in [0.05, 0.1) is 0 Å². The number of rotatable bonds is 2. The van der Waals surface area contributed by atoms with Crippen LogP contribution in [0.4, 0.5) is 5.69 Å². The number of nitrogen functional groups attached to an aromatic ring is 1. The van der Waals surface area contributed by atoms with E-state index >= 15 is 0 Å². The molecule has 88 valence electrons. The Morgan fingerprint density at radius 2 is 1.65 bits per heavy atom. The zero-order valence-corrected chi connectivity index (χ0v) is 10.1. The molecular weight excluding hydrogens is 216 g/mol. The van der Waals surface area contributed by atoms with Gasteiger partial charge in [-0.05, 0) is 32.4 Å². The monoisotopic (exact) mass is 230 g/mol. The number of benzene rings is 1. The average molecular weight is 230 g/mol. The molecule has 0 spiro atoms. The quantitative estimate of drug-likeness (QED) is 0.800. The Morgan fingerprint density at radius 1 is 1.00 bits per heavy atom. The van der Waals surface area contributed by atoms with Gasteiger partial charge < -0.3 is 10.5 Å². The molecule has 0 aliphatic rings. The maximum absolute atomic E-state index is 5.71. The van der Waals surface area contributed by atoms with Crippen LogP contribution in [0.25, 0.3) is 0 Å². The molecule has 0 amide bonds. The number of nitrogens with zero attached hydrogens (tertiary/aromatic N) is 3. The predicted molar refractivity (Wildman–Crippen MR) is 65.0 cm³/mol. The molecule has 5 heteroatoms. The first-order chi connectivity index (χ1) is 8.04. The Bertz CT molecular complexity index is 534. The molecule has 2 N–H and O–H groups in total. The van der Waals surface area contributed by atoms with Crippen molar-refractivity contribution in [3.05, 3.63) is 35.4 Å². The first-order valence-electron chi connectivity index (χ1n) is 5.28. The van der Waals surface area contributed by atoms with Crippen LogP contribution >= 0.6 is 0 Å². The number of ether oxygens (including phenoxy) is 1. The van der Waals surface area contributed by atoms with Crippen LogP contribution in [0.1, 0.15) is 17.2 Å². The van der Waals surface area contributed by atoms with Gasteiger partial charge in [-0.15, -0.1) is 0 Å². The lowest BCUT2D eigenvalue weighted by molar-refractivity contribution is 0.432. The van der Waals surface area contributed by atoms with Gasteiger partial charge in [0.15, 0.2) is 0 Å². The largest absolute Gasteiger partial charge is 0.424 e. The number of aromatic nitrogens is 3. The van der Waals surface area contributed by atoms with Crippen molar-refractivity contribution < 1.29 is 4.74 Å². The molecule has 2 aromatic rings. The highest BCUT2D eigenvalue weighted by atomic mass is 16.5. The second-order valence-electron chi connectivity index (χ2n) is 3.84. The zero-order valence-electron chi connectivity index (χ0n) is 10.1. The van der Waals surface area contributed by atoms with Crippen molar-refractivity contribution in [2.75, 3.05) is 5.73 Å². The minimum atomic E-state index is 0.295. The molecule has 1 aromatic carbocycles. The van der Waals surface area contributed by atoms with Crippen molar-refractivity contribution in [2.24, 2.45) is 0 Å². The van der Waals surface area contributed by atoms with Crippen molar-refractivity contribution in [3.8, 4) is 11.8 Å². The summed E-state index contributed by atoms with van der Waals surface area (Å²) in [4.78, 5) is 12.3. The summed E-state index contributed by atoms with van der Waals surface area (Å²) in [5.41, 5.74) is 7.34. The first-order valence-corrected chi connectivity index (χ1v) is 5.28. The van der Waals surface area contributed by atoms with Crippen LogP contribution in [0.15, 0.2) is 18.2 Å². The molecule has 1 heterocycles. The average Bonchev–Trinajstić information content (AvgIpc) is 2.22. The summed E-state index contributed by atoms with van der Waals surface area (Å²) in [7, 11) is 0. The predicted octanol–water partition coefficient (Wildman–Crippen LogP) is 2.17. The van der Waals surface area contributed by atoms with E-state index in [4.69, 9.17) is 10.5 Å². The fraction of sp³-hybridized carbons (Fsp3) is 0.250. The van der Waals surface area contributed by atoms with E-state index in [9.17, 15) is 0 Å². The number of hydrogen-bond acceptors (Lipinski definition) is 5. The minimum Gasteiger partial charge on any atom is -0.424 e. The lowest BCUT2D eigenvalue weighted by Crippen LogP contribution is -2.00. The molecule has 0 aliphatic heterocycles. The van der Waals surface area contributed by atoms with Gasteiger partial charge in [-0.1, -0.05) is 6.07 Å². The summed E-state index contributed by atoms with van der Waals surface area (Å²) in [6.07, 6.45) is 0. The highest BCUT2D eigenvalue weighted by molar-refractivity contribution is 5.48. The molecule has 0 fully saturated rings. The molecule has 1 aromatic heterocycles. The van der Waals surface area contributed by atoms with E-state index in [1.807, 2.05) is 19.1 Å². The SMILES string of the molecule is Cc1nc(C)nc(Oc2cc(N)ccc2C)n1. The van der Waals surface area contributed by atoms with Crippen molar-refractivity contribution in [2.45, 2.75) is 20.8 Å². The van der Waals surface area contributed by atoms with Gasteiger partial charge in [-0.2, -0.15) is 9.97 Å². The smallest absolute Gasteiger partial charge is 0.325 e. The summed E-state index contributed by atoms with van der Waals surface area (Å²) in [6, 6.07) is 5.77. The van der Waals surface area contributed by atoms with Crippen molar-refractivity contribution in [1.29, 1.82) is 0 Å². The summed E-state index contributed by atoms with van der Waals surface area (Å²) >= 11 is 0. The van der Waals surface area contributed by atoms with Crippen LogP contribution in [-0.4, -0.2) is 15.0 Å². The molecule has 5 nitrogen and oxygen atoms in total. The van der Waals surface area contributed by atoms with Crippen LogP contribution in [0, 0.1) is 20.8 Å². The fourth-order valence-corrected chi connectivity index (χ4v) is 1.46. The Hall–Kier alpha value is -2.17. The lowest BCUT2D eigenvalue weighted by atomic mass is 10.2. The number of aryl methyl sites for hydroxylation is 3. The second-order valence-corrected chi connectivity index (χ2v) is 3.84. The van der Waals surface area contributed by atoms with Crippen molar-refractivity contribution >= 4 is 5.69 Å². The fourth-order valence-electron chi connectivity index (χ4n) is 1.46. The minimum absolute atomic E-state index is 0.295. The maximum atomic E-state index is 5.71. The van der Waals surface area contributed by atoms with Crippen LogP contribution < -0.4 is 10.5 Å². The van der Waals surface area contributed by atoms with Crippen LogP contribution in [-0.2, 0) is 0 Å². The third-order valence-corrected chi connectivity index (χ3v) is 2.25. The Balaban J connectivity index is 2.34. The molecule has 0 unspecified atom stereocenters. The van der Waals surface area contributed by atoms with E-state index in [0.29, 0.717) is 29.1 Å². The van der Waals surface area contributed by atoms with Crippen molar-refractivity contribution in [3.63, 3.8) is 0 Å². The normalized spacial score (nSPS) is 10.3. The Kier molecular flexibility index (Phi) is 2.91. The summed E-state index contributed by atoms with van der Waals surface area (Å²) in [5, 5.41) is 0. The molecule has 2 rings (SSSR count). The van der Waals surface area contributed by atoms with Crippen molar-refractivity contribution in [1.82, 2.24) is 15.0 Å². The third-order valence-electron chi connectivity index (χ3n) is 2.25. The topological polar surface area (TPSA) is 73.9 Å². The molecule has 0 saturated heterocycles. The van der Waals surface area contributed by atoms with E-state index < -0.39 is 0 Å². The standard InChI is InChI=1S/C12H14N4O/c1-7-4-5-10(13)6-11(7)17-12-15-8(2)14-9(3)16-12/h4-6H,13H2,1-3H3. The first kappa shape index (κ1) is 11.3. The lowest BCUT2D eigenvalue weighted by Gasteiger charge is -2.08. The molecule has 0 radical (unpaired) electrons. The summed E-state index contributed by atoms with van der Waals surface area (Å²) < 4.78 is 5.61. The maximum Gasteiger partial charge on any atom is 0.325 e. The molecule has 0 bridgehead atoms. The Labute approximate surface area is 99.7 Å². The highest BCUT2D eigenvalue weighted by Crippen LogP contribution is 2.24. The van der Waals surface area contributed by atoms with Gasteiger partial charge >= 0.3 is 6.01 Å². The molecule has 0 atom stereocenters. The van der Waals surface area contributed by atoms with Crippen LogP contribution in [0.2, 0.25) is 0 Å². The molecule has 0 aliphatic carbocycles. The Morgan fingerprint density at radius 3 is 2.29 bits per heavy atom. The van der Waals surface area contributed by atoms with Gasteiger partial charge in [0.1, 0.15) is 17.4 Å². The van der Waals surface area contributed by atoms with Gasteiger partial charge in [0, 0.05) is 11.8 Å². The van der Waals surface area contributed by atoms with E-state index in [1.54, 1.807) is 19.9 Å². The molecular formula is C12H14N4O. The summed E-state index contributed by atoms with van der Waals surface area (Å²) in [5.74, 6) is 1.93. The summed E-state index contributed by atoms with van der Waals surface area (Å²) in [6.45, 7) is 5.54. The number of hydrogen-bond donors (Lipinski definition) is 1. The highest BCUT2D eigenvalue weighted by Gasteiger charge is 2.06. The van der Waals surface area contributed by atoms with Gasteiger partial charge in [-0.25, -0.2) is 4.98 Å². The van der Waals surface area contributed by atoms with E-state index in [1.165, 1.54) is 0 Å². The second kappa shape index (κ2) is 4.37. The zero-order chi connectivity index (χ0) is 12.4. The van der Waals surface area contributed by atoms with Gasteiger partial charge in [0.25, 0.3) is 0 Å². The third kappa shape index (κ3) is 2.69. The van der Waals surface area contributed by atoms with Crippen LogP contribution in [0.3, 0.4) is 0 Å². The number of nitrogens with two attached hydrogens (primary N) is 1. The van der Waals surface area contributed by atoms with E-state index in [0.717, 1.165) is 5.56 Å². The number of anilines is 1. The van der Waals surface area contributed by atoms with E-state index in [2.05, 4.69) is 15.0 Å². The van der Waals surface area contributed by atoms with Crippen LogP contribution in [0.5, 0.6) is 11.8 Å². The van der Waals surface area contributed by atoms with Gasteiger partial charge in [0.2, 0.25) is 0 Å². The van der Waals surface area contributed by atoms with E-state index in [-0.39, 0.29) is 0 Å². The van der Waals surface area contributed by atoms with Gasteiger partial charge in [-0.3, -0.25) is 0 Å². The molecule has 0 saturated carbocycles.